The van der Waals surface area contributed by atoms with E-state index in [-0.39, 0.29) is 5.91 Å². The fraction of sp³-hybridized carbons (Fsp3) is 0.667. The van der Waals surface area contributed by atoms with E-state index in [9.17, 15) is 4.79 Å². The van der Waals surface area contributed by atoms with E-state index in [4.69, 9.17) is 0 Å². The molecule has 0 bridgehead atoms. The van der Waals surface area contributed by atoms with Gasteiger partial charge in [-0.15, -0.1) is 0 Å². The van der Waals surface area contributed by atoms with Gasteiger partial charge in [0.25, 0.3) is 0 Å². The minimum Gasteiger partial charge on any atom is -0.356 e. The van der Waals surface area contributed by atoms with E-state index in [0.29, 0.717) is 6.42 Å². The average Bonchev–Trinajstić information content (AvgIpc) is 3.32. The zero-order valence-electron chi connectivity index (χ0n) is 14.7. The summed E-state index contributed by atoms with van der Waals surface area (Å²) in [5.41, 5.74) is 1.29. The first-order chi connectivity index (χ1) is 11.3. The van der Waals surface area contributed by atoms with E-state index in [0.717, 1.165) is 31.2 Å². The van der Waals surface area contributed by atoms with Gasteiger partial charge in [0.2, 0.25) is 5.91 Å². The van der Waals surface area contributed by atoms with E-state index < -0.39 is 0 Å². The molecule has 2 rings (SSSR count). The third-order valence-electron chi connectivity index (χ3n) is 5.07. The second-order valence-corrected chi connectivity index (χ2v) is 7.08. The summed E-state index contributed by atoms with van der Waals surface area (Å²) in [6, 6.07) is 10.3. The molecule has 2 atom stereocenters. The Hall–Kier alpha value is -1.31. The summed E-state index contributed by atoms with van der Waals surface area (Å²) >= 11 is 0. The minimum absolute atomic E-state index is 0.231. The van der Waals surface area contributed by atoms with E-state index in [2.05, 4.69) is 24.4 Å². The molecule has 1 aliphatic carbocycles. The van der Waals surface area contributed by atoms with Gasteiger partial charge in [0.1, 0.15) is 0 Å². The molecular formula is C21H33NO. The molecule has 128 valence electrons. The van der Waals surface area contributed by atoms with Crippen LogP contribution in [0.5, 0.6) is 0 Å². The van der Waals surface area contributed by atoms with Gasteiger partial charge < -0.3 is 5.32 Å². The summed E-state index contributed by atoms with van der Waals surface area (Å²) in [4.78, 5) is 11.9. The molecule has 23 heavy (non-hydrogen) atoms. The number of nitrogens with one attached hydrogen (secondary N) is 1. The van der Waals surface area contributed by atoms with Gasteiger partial charge in [-0.2, -0.15) is 0 Å². The highest BCUT2D eigenvalue weighted by Crippen LogP contribution is 2.45. The van der Waals surface area contributed by atoms with Crippen molar-refractivity contribution in [2.24, 2.45) is 11.8 Å². The quantitative estimate of drug-likeness (QED) is 0.533. The number of hydrogen-bond donors (Lipinski definition) is 1. The van der Waals surface area contributed by atoms with Gasteiger partial charge in [-0.3, -0.25) is 4.79 Å². The predicted molar refractivity (Wildman–Crippen MR) is 97.4 cm³/mol. The molecule has 0 aliphatic heterocycles. The lowest BCUT2D eigenvalue weighted by molar-refractivity contribution is -0.121. The third-order valence-corrected chi connectivity index (χ3v) is 5.07. The lowest BCUT2D eigenvalue weighted by atomic mass is 10.1. The molecule has 2 heteroatoms. The summed E-state index contributed by atoms with van der Waals surface area (Å²) in [6.45, 7) is 3.02. The summed E-state index contributed by atoms with van der Waals surface area (Å²) in [5, 5.41) is 3.06. The van der Waals surface area contributed by atoms with E-state index in [1.807, 2.05) is 18.2 Å². The van der Waals surface area contributed by atoms with Crippen molar-refractivity contribution in [3.05, 3.63) is 35.9 Å². The Balaban J connectivity index is 1.45. The molecule has 1 fully saturated rings. The third kappa shape index (κ3) is 7.67. The van der Waals surface area contributed by atoms with Crippen LogP contribution in [-0.4, -0.2) is 12.5 Å². The summed E-state index contributed by atoms with van der Waals surface area (Å²) in [5.74, 6) is 1.99. The normalized spacial score (nSPS) is 19.5. The molecule has 1 aliphatic rings. The Morgan fingerprint density at radius 1 is 1.04 bits per heavy atom. The van der Waals surface area contributed by atoms with Crippen molar-refractivity contribution in [1.29, 1.82) is 0 Å². The highest BCUT2D eigenvalue weighted by molar-refractivity contribution is 5.75. The zero-order chi connectivity index (χ0) is 16.3. The summed E-state index contributed by atoms with van der Waals surface area (Å²) < 4.78 is 0. The van der Waals surface area contributed by atoms with Crippen molar-refractivity contribution in [3.63, 3.8) is 0 Å². The van der Waals surface area contributed by atoms with E-state index in [1.54, 1.807) is 0 Å². The molecule has 0 radical (unpaired) electrons. The maximum atomic E-state index is 11.9. The topological polar surface area (TPSA) is 29.1 Å². The Kier molecular flexibility index (Phi) is 8.20. The number of carbonyl (C=O) groups is 1. The second kappa shape index (κ2) is 10.5. The molecule has 1 N–H and O–H groups in total. The van der Waals surface area contributed by atoms with Crippen LogP contribution in [0.25, 0.3) is 0 Å². The van der Waals surface area contributed by atoms with Crippen LogP contribution in [0.2, 0.25) is 0 Å². The highest BCUT2D eigenvalue weighted by atomic mass is 16.1. The van der Waals surface area contributed by atoms with Crippen LogP contribution in [0.4, 0.5) is 0 Å². The molecule has 0 heterocycles. The zero-order valence-corrected chi connectivity index (χ0v) is 14.7. The molecule has 2 nitrogen and oxygen atoms in total. The standard InChI is InChI=1S/C21H33NO/c1-2-3-4-5-9-12-19-17-20(19)13-14-21(23)22-16-15-18-10-7-6-8-11-18/h6-8,10-11,19-20H,2-5,9,12-17H2,1H3,(H,22,23). The van der Waals surface area contributed by atoms with Crippen molar-refractivity contribution in [1.82, 2.24) is 5.32 Å². The van der Waals surface area contributed by atoms with Crippen molar-refractivity contribution in [2.45, 2.75) is 71.1 Å². The maximum Gasteiger partial charge on any atom is 0.220 e. The first-order valence-corrected chi connectivity index (χ1v) is 9.60. The van der Waals surface area contributed by atoms with Crippen LogP contribution in [-0.2, 0) is 11.2 Å². The van der Waals surface area contributed by atoms with Crippen molar-refractivity contribution < 1.29 is 4.79 Å². The van der Waals surface area contributed by atoms with Crippen LogP contribution in [0.3, 0.4) is 0 Å². The molecule has 1 saturated carbocycles. The Labute approximate surface area is 142 Å². The maximum absolute atomic E-state index is 11.9. The van der Waals surface area contributed by atoms with Crippen molar-refractivity contribution in [3.8, 4) is 0 Å². The number of benzene rings is 1. The van der Waals surface area contributed by atoms with E-state index >= 15 is 0 Å². The fourth-order valence-corrected chi connectivity index (χ4v) is 3.42. The fourth-order valence-electron chi connectivity index (χ4n) is 3.42. The summed E-state index contributed by atoms with van der Waals surface area (Å²) in [7, 11) is 0. The summed E-state index contributed by atoms with van der Waals surface area (Å²) in [6.07, 6.45) is 12.4. The monoisotopic (exact) mass is 315 g/mol. The number of carbonyl (C=O) groups excluding carboxylic acids is 1. The number of unbranched alkanes of at least 4 members (excludes halogenated alkanes) is 4. The van der Waals surface area contributed by atoms with Gasteiger partial charge >= 0.3 is 0 Å². The molecule has 2 unspecified atom stereocenters. The van der Waals surface area contributed by atoms with Gasteiger partial charge in [0.05, 0.1) is 0 Å². The Morgan fingerprint density at radius 2 is 1.78 bits per heavy atom. The van der Waals surface area contributed by atoms with Crippen LogP contribution in [0, 0.1) is 11.8 Å². The number of hydrogen-bond acceptors (Lipinski definition) is 1. The van der Waals surface area contributed by atoms with Crippen molar-refractivity contribution >= 4 is 5.91 Å². The van der Waals surface area contributed by atoms with Gasteiger partial charge in [-0.25, -0.2) is 0 Å². The molecule has 1 aromatic rings. The molecule has 0 saturated heterocycles. The van der Waals surface area contributed by atoms with Crippen LogP contribution in [0.15, 0.2) is 30.3 Å². The molecule has 0 aromatic heterocycles. The van der Waals surface area contributed by atoms with Crippen LogP contribution < -0.4 is 5.32 Å². The van der Waals surface area contributed by atoms with Gasteiger partial charge in [0.15, 0.2) is 0 Å². The SMILES string of the molecule is CCCCCCCC1CC1CCC(=O)NCCc1ccccc1. The minimum atomic E-state index is 0.231. The predicted octanol–water partition coefficient (Wildman–Crippen LogP) is 5.12. The van der Waals surface area contributed by atoms with Crippen LogP contribution >= 0.6 is 0 Å². The highest BCUT2D eigenvalue weighted by Gasteiger charge is 2.35. The molecule has 1 amide bonds. The lowest BCUT2D eigenvalue weighted by Gasteiger charge is -2.05. The van der Waals surface area contributed by atoms with Crippen molar-refractivity contribution in [2.75, 3.05) is 6.54 Å². The number of rotatable bonds is 12. The van der Waals surface area contributed by atoms with E-state index in [1.165, 1.54) is 50.5 Å². The Morgan fingerprint density at radius 3 is 2.57 bits per heavy atom. The van der Waals surface area contributed by atoms with Gasteiger partial charge in [-0.1, -0.05) is 75.8 Å². The molecule has 1 aromatic carbocycles. The molecule has 0 spiro atoms. The smallest absolute Gasteiger partial charge is 0.220 e. The Bertz CT molecular complexity index is 442. The largest absolute Gasteiger partial charge is 0.356 e. The molecular weight excluding hydrogens is 282 g/mol. The first-order valence-electron chi connectivity index (χ1n) is 9.60. The average molecular weight is 316 g/mol. The number of amides is 1. The van der Waals surface area contributed by atoms with Gasteiger partial charge in [0, 0.05) is 13.0 Å². The van der Waals surface area contributed by atoms with Crippen LogP contribution in [0.1, 0.15) is 70.3 Å². The van der Waals surface area contributed by atoms with Gasteiger partial charge in [-0.05, 0) is 36.7 Å². The second-order valence-electron chi connectivity index (χ2n) is 7.08. The first kappa shape index (κ1) is 18.0. The lowest BCUT2D eigenvalue weighted by Crippen LogP contribution is -2.25.